The molecule has 0 saturated carbocycles. The molecular formula is C18H30N4O2. The quantitative estimate of drug-likeness (QED) is 0.907. The van der Waals surface area contributed by atoms with E-state index in [9.17, 15) is 4.79 Å². The molecule has 2 rings (SSSR count). The van der Waals surface area contributed by atoms with Crippen LogP contribution in [0.5, 0.6) is 0 Å². The highest BCUT2D eigenvalue weighted by Crippen LogP contribution is 2.21. The lowest BCUT2D eigenvalue weighted by Gasteiger charge is -2.33. The first-order valence-corrected chi connectivity index (χ1v) is 8.85. The van der Waals surface area contributed by atoms with E-state index in [1.165, 1.54) is 0 Å². The minimum atomic E-state index is -0.445. The zero-order valence-corrected chi connectivity index (χ0v) is 15.5. The van der Waals surface area contributed by atoms with Crippen molar-refractivity contribution in [2.75, 3.05) is 18.4 Å². The maximum atomic E-state index is 12.1. The number of piperidine rings is 1. The monoisotopic (exact) mass is 334 g/mol. The van der Waals surface area contributed by atoms with Crippen molar-refractivity contribution >= 4 is 11.9 Å². The van der Waals surface area contributed by atoms with Gasteiger partial charge in [0.2, 0.25) is 0 Å². The average Bonchev–Trinajstić information content (AvgIpc) is 2.53. The van der Waals surface area contributed by atoms with E-state index in [0.717, 1.165) is 30.8 Å². The van der Waals surface area contributed by atoms with Gasteiger partial charge in [0.25, 0.3) is 0 Å². The number of hydrogen-bond donors (Lipinski definition) is 1. The topological polar surface area (TPSA) is 67.4 Å². The van der Waals surface area contributed by atoms with Gasteiger partial charge in [-0.15, -0.1) is 0 Å². The number of rotatable bonds is 4. The summed E-state index contributed by atoms with van der Waals surface area (Å²) in [6.45, 7) is 11.4. The third-order valence-corrected chi connectivity index (χ3v) is 4.30. The van der Waals surface area contributed by atoms with Gasteiger partial charge in [-0.3, -0.25) is 0 Å². The molecule has 0 aromatic carbocycles. The normalized spacial score (nSPS) is 17.5. The Labute approximate surface area is 145 Å². The second-order valence-electron chi connectivity index (χ2n) is 7.52. The van der Waals surface area contributed by atoms with E-state index in [4.69, 9.17) is 4.74 Å². The molecule has 24 heavy (non-hydrogen) atoms. The summed E-state index contributed by atoms with van der Waals surface area (Å²) in [7, 11) is 0. The van der Waals surface area contributed by atoms with Crippen molar-refractivity contribution in [3.63, 3.8) is 0 Å². The van der Waals surface area contributed by atoms with Crippen LogP contribution in [0.15, 0.2) is 12.4 Å². The van der Waals surface area contributed by atoms with Crippen molar-refractivity contribution in [2.45, 2.75) is 71.4 Å². The summed E-state index contributed by atoms with van der Waals surface area (Å²) in [6.07, 6.45) is 4.25. The molecule has 0 aliphatic carbocycles. The Balaban J connectivity index is 1.86. The van der Waals surface area contributed by atoms with Gasteiger partial charge in [0.05, 0.1) is 0 Å². The van der Waals surface area contributed by atoms with Crippen LogP contribution in [0.4, 0.5) is 10.6 Å². The number of nitrogens with zero attached hydrogens (tertiary/aromatic N) is 3. The van der Waals surface area contributed by atoms with Crippen molar-refractivity contribution in [2.24, 2.45) is 0 Å². The molecule has 0 spiro atoms. The Morgan fingerprint density at radius 2 is 2.04 bits per heavy atom. The van der Waals surface area contributed by atoms with Crippen LogP contribution in [0, 0.1) is 0 Å². The van der Waals surface area contributed by atoms with Crippen LogP contribution in [-0.4, -0.2) is 45.7 Å². The molecule has 6 nitrogen and oxygen atoms in total. The molecule has 1 atom stereocenters. The molecule has 1 unspecified atom stereocenters. The van der Waals surface area contributed by atoms with Gasteiger partial charge in [-0.2, -0.15) is 0 Å². The second-order valence-corrected chi connectivity index (χ2v) is 7.52. The summed E-state index contributed by atoms with van der Waals surface area (Å²) >= 11 is 0. The lowest BCUT2D eigenvalue weighted by atomic mass is 10.0. The first kappa shape index (κ1) is 18.5. The number of nitrogens with one attached hydrogen (secondary N) is 1. The fraction of sp³-hybridized carbons (Fsp3) is 0.722. The first-order valence-electron chi connectivity index (χ1n) is 8.85. The Morgan fingerprint density at radius 3 is 2.62 bits per heavy atom. The van der Waals surface area contributed by atoms with Crippen LogP contribution in [0.3, 0.4) is 0 Å². The maximum Gasteiger partial charge on any atom is 0.410 e. The molecule has 1 aliphatic heterocycles. The minimum Gasteiger partial charge on any atom is -0.444 e. The highest BCUT2D eigenvalue weighted by Gasteiger charge is 2.27. The zero-order chi connectivity index (χ0) is 17.7. The number of aromatic nitrogens is 2. The van der Waals surface area contributed by atoms with Gasteiger partial charge >= 0.3 is 6.09 Å². The van der Waals surface area contributed by atoms with E-state index in [2.05, 4.69) is 29.1 Å². The lowest BCUT2D eigenvalue weighted by Crippen LogP contribution is -2.44. The summed E-state index contributed by atoms with van der Waals surface area (Å²) in [4.78, 5) is 22.6. The molecule has 1 fully saturated rings. The number of anilines is 1. The molecule has 1 aliphatic rings. The lowest BCUT2D eigenvalue weighted by molar-refractivity contribution is 0.0210. The number of hydrogen-bond acceptors (Lipinski definition) is 5. The molecule has 1 N–H and O–H groups in total. The standard InChI is InChI=1S/C18H30N4O2/c1-6-13(2)15-11-16(20-12-19-15)21-14-7-9-22(10-8-14)17(23)24-18(3,4)5/h11-14H,6-10H2,1-5H3,(H,19,20,21). The van der Waals surface area contributed by atoms with E-state index in [1.807, 2.05) is 26.8 Å². The molecule has 1 saturated heterocycles. The predicted molar refractivity (Wildman–Crippen MR) is 95.2 cm³/mol. The maximum absolute atomic E-state index is 12.1. The van der Waals surface area contributed by atoms with E-state index in [-0.39, 0.29) is 6.09 Å². The van der Waals surface area contributed by atoms with Crippen LogP contribution >= 0.6 is 0 Å². The fourth-order valence-corrected chi connectivity index (χ4v) is 2.67. The van der Waals surface area contributed by atoms with E-state index in [0.29, 0.717) is 25.0 Å². The molecule has 0 bridgehead atoms. The summed E-state index contributed by atoms with van der Waals surface area (Å²) in [6, 6.07) is 2.36. The summed E-state index contributed by atoms with van der Waals surface area (Å²) in [5.74, 6) is 1.30. The van der Waals surface area contributed by atoms with E-state index < -0.39 is 5.60 Å². The first-order chi connectivity index (χ1) is 11.3. The van der Waals surface area contributed by atoms with E-state index >= 15 is 0 Å². The van der Waals surface area contributed by atoms with Crippen LogP contribution in [0.25, 0.3) is 0 Å². The molecule has 2 heterocycles. The van der Waals surface area contributed by atoms with Crippen LogP contribution in [0.1, 0.15) is 65.5 Å². The molecule has 1 aromatic rings. The number of likely N-dealkylation sites (tertiary alicyclic amines) is 1. The number of ether oxygens (including phenoxy) is 1. The smallest absolute Gasteiger partial charge is 0.410 e. The Kier molecular flexibility index (Phi) is 6.02. The van der Waals surface area contributed by atoms with Crippen LogP contribution in [0.2, 0.25) is 0 Å². The summed E-state index contributed by atoms with van der Waals surface area (Å²) in [5, 5.41) is 3.48. The van der Waals surface area contributed by atoms with Crippen molar-refractivity contribution in [3.05, 3.63) is 18.1 Å². The van der Waals surface area contributed by atoms with Gasteiger partial charge in [0.15, 0.2) is 0 Å². The van der Waals surface area contributed by atoms with Gasteiger partial charge in [-0.25, -0.2) is 14.8 Å². The second kappa shape index (κ2) is 7.81. The fourth-order valence-electron chi connectivity index (χ4n) is 2.67. The largest absolute Gasteiger partial charge is 0.444 e. The van der Waals surface area contributed by atoms with Gasteiger partial charge in [-0.1, -0.05) is 13.8 Å². The van der Waals surface area contributed by atoms with Crippen molar-refractivity contribution in [1.29, 1.82) is 0 Å². The van der Waals surface area contributed by atoms with Crippen LogP contribution in [-0.2, 0) is 4.74 Å². The molecular weight excluding hydrogens is 304 g/mol. The predicted octanol–water partition coefficient (Wildman–Crippen LogP) is 3.80. The summed E-state index contributed by atoms with van der Waals surface area (Å²) in [5.41, 5.74) is 0.626. The highest BCUT2D eigenvalue weighted by atomic mass is 16.6. The van der Waals surface area contributed by atoms with Gasteiger partial charge in [0.1, 0.15) is 17.7 Å². The van der Waals surface area contributed by atoms with Crippen molar-refractivity contribution < 1.29 is 9.53 Å². The average molecular weight is 334 g/mol. The zero-order valence-electron chi connectivity index (χ0n) is 15.5. The molecule has 6 heteroatoms. The third-order valence-electron chi connectivity index (χ3n) is 4.30. The highest BCUT2D eigenvalue weighted by molar-refractivity contribution is 5.68. The molecule has 1 amide bonds. The minimum absolute atomic E-state index is 0.220. The number of amides is 1. The van der Waals surface area contributed by atoms with Crippen molar-refractivity contribution in [3.8, 4) is 0 Å². The van der Waals surface area contributed by atoms with Gasteiger partial charge in [0, 0.05) is 30.9 Å². The molecule has 0 radical (unpaired) electrons. The van der Waals surface area contributed by atoms with E-state index in [1.54, 1.807) is 11.2 Å². The number of carbonyl (C=O) groups excluding carboxylic acids is 1. The van der Waals surface area contributed by atoms with Gasteiger partial charge < -0.3 is 15.0 Å². The Morgan fingerprint density at radius 1 is 1.38 bits per heavy atom. The third kappa shape index (κ3) is 5.35. The van der Waals surface area contributed by atoms with Crippen LogP contribution < -0.4 is 5.32 Å². The SMILES string of the molecule is CCC(C)c1cc(NC2CCN(C(=O)OC(C)(C)C)CC2)ncn1. The number of carbonyl (C=O) groups is 1. The van der Waals surface area contributed by atoms with Gasteiger partial charge in [-0.05, 0) is 46.0 Å². The Hall–Kier alpha value is -1.85. The van der Waals surface area contributed by atoms with Crippen molar-refractivity contribution in [1.82, 2.24) is 14.9 Å². The summed E-state index contributed by atoms with van der Waals surface area (Å²) < 4.78 is 5.43. The molecule has 1 aromatic heterocycles. The Bertz CT molecular complexity index is 548. The molecule has 134 valence electrons.